The van der Waals surface area contributed by atoms with Crippen LogP contribution in [0.25, 0.3) is 6.08 Å². The van der Waals surface area contributed by atoms with Crippen molar-refractivity contribution in [1.29, 1.82) is 0 Å². The first-order valence-corrected chi connectivity index (χ1v) is 9.21. The van der Waals surface area contributed by atoms with Gasteiger partial charge in [0.25, 0.3) is 5.91 Å². The Balaban J connectivity index is 1.89. The van der Waals surface area contributed by atoms with Crippen molar-refractivity contribution in [3.8, 4) is 5.75 Å². The van der Waals surface area contributed by atoms with Gasteiger partial charge in [0.1, 0.15) is 5.75 Å². The van der Waals surface area contributed by atoms with Crippen LogP contribution in [0.2, 0.25) is 20.1 Å². The third-order valence-electron chi connectivity index (χ3n) is 3.24. The average molecular weight is 485 g/mol. The zero-order valence-corrected chi connectivity index (χ0v) is 17.3. The highest BCUT2D eigenvalue weighted by molar-refractivity contribution is 6.50. The Morgan fingerprint density at radius 2 is 1.62 bits per heavy atom. The Labute approximate surface area is 184 Å². The Bertz CT molecular complexity index is 910. The Morgan fingerprint density at radius 3 is 2.17 bits per heavy atom. The molecule has 11 heteroatoms. The second-order valence-corrected chi connectivity index (χ2v) is 6.85. The van der Waals surface area contributed by atoms with Crippen LogP contribution in [0, 0.1) is 0 Å². The maximum atomic E-state index is 12.1. The predicted molar refractivity (Wildman–Crippen MR) is 108 cm³/mol. The standard InChI is InChI=1S/C18H11Cl4F2NO4/c19-11-7-12(20)16(22)17(15(11)21)25-13(26)8-28-14(27)6-3-9-1-4-10(5-2-9)29-18(23)24/h1-7,18H,8H2,(H,25,26)/b6-3+. The van der Waals surface area contributed by atoms with Crippen LogP contribution >= 0.6 is 46.4 Å². The number of hydrogen-bond donors (Lipinski definition) is 1. The van der Waals surface area contributed by atoms with Gasteiger partial charge in [0.05, 0.1) is 25.8 Å². The van der Waals surface area contributed by atoms with E-state index < -0.39 is 25.1 Å². The molecule has 0 heterocycles. The number of alkyl halides is 2. The van der Waals surface area contributed by atoms with E-state index >= 15 is 0 Å². The van der Waals surface area contributed by atoms with Crippen molar-refractivity contribution in [3.05, 3.63) is 62.1 Å². The van der Waals surface area contributed by atoms with E-state index in [4.69, 9.17) is 51.1 Å². The number of nitrogens with one attached hydrogen (secondary N) is 1. The molecule has 0 saturated carbocycles. The van der Waals surface area contributed by atoms with Crippen molar-refractivity contribution in [2.75, 3.05) is 11.9 Å². The van der Waals surface area contributed by atoms with Crippen molar-refractivity contribution in [3.63, 3.8) is 0 Å². The number of esters is 1. The topological polar surface area (TPSA) is 64.6 Å². The van der Waals surface area contributed by atoms with Crippen molar-refractivity contribution >= 4 is 70.0 Å². The molecule has 0 fully saturated rings. The zero-order valence-electron chi connectivity index (χ0n) is 14.2. The summed E-state index contributed by atoms with van der Waals surface area (Å²) in [7, 11) is 0. The molecule has 0 spiro atoms. The fourth-order valence-corrected chi connectivity index (χ4v) is 2.87. The minimum Gasteiger partial charge on any atom is -0.452 e. The molecule has 0 aromatic heterocycles. The summed E-state index contributed by atoms with van der Waals surface area (Å²) in [5.41, 5.74) is 0.522. The van der Waals surface area contributed by atoms with Gasteiger partial charge in [-0.15, -0.1) is 0 Å². The summed E-state index contributed by atoms with van der Waals surface area (Å²) in [4.78, 5) is 23.7. The molecule has 0 aliphatic rings. The minimum absolute atomic E-state index is 0.00599. The maximum Gasteiger partial charge on any atom is 0.387 e. The molecule has 0 aliphatic heterocycles. The van der Waals surface area contributed by atoms with Gasteiger partial charge in [0.15, 0.2) is 6.61 Å². The number of anilines is 1. The van der Waals surface area contributed by atoms with Crippen LogP contribution in [-0.2, 0) is 14.3 Å². The molecule has 2 rings (SSSR count). The number of rotatable bonds is 7. The summed E-state index contributed by atoms with van der Waals surface area (Å²) in [6.45, 7) is -3.55. The van der Waals surface area contributed by atoms with Crippen molar-refractivity contribution < 1.29 is 27.8 Å². The molecule has 0 aliphatic carbocycles. The molecule has 2 aromatic carbocycles. The highest BCUT2D eigenvalue weighted by Crippen LogP contribution is 2.40. The van der Waals surface area contributed by atoms with Gasteiger partial charge in [-0.1, -0.05) is 58.5 Å². The molecule has 0 saturated heterocycles. The van der Waals surface area contributed by atoms with Gasteiger partial charge in [-0.05, 0) is 29.8 Å². The lowest BCUT2D eigenvalue weighted by molar-refractivity contribution is -0.142. The summed E-state index contributed by atoms with van der Waals surface area (Å²) < 4.78 is 33.2. The van der Waals surface area contributed by atoms with Crippen LogP contribution < -0.4 is 10.1 Å². The Morgan fingerprint density at radius 1 is 1.03 bits per heavy atom. The van der Waals surface area contributed by atoms with Gasteiger partial charge in [-0.2, -0.15) is 8.78 Å². The molecule has 29 heavy (non-hydrogen) atoms. The van der Waals surface area contributed by atoms with E-state index in [0.717, 1.165) is 6.08 Å². The fourth-order valence-electron chi connectivity index (χ4n) is 1.97. The third kappa shape index (κ3) is 7.04. The fraction of sp³-hybridized carbons (Fsp3) is 0.111. The number of hydrogen-bond acceptors (Lipinski definition) is 4. The Kier molecular flexibility index (Phi) is 8.52. The average Bonchev–Trinajstić information content (AvgIpc) is 2.67. The summed E-state index contributed by atoms with van der Waals surface area (Å²) in [6.07, 6.45) is 2.43. The third-order valence-corrected chi connectivity index (χ3v) is 4.81. The second-order valence-electron chi connectivity index (χ2n) is 5.28. The number of amides is 1. The molecule has 0 radical (unpaired) electrons. The van der Waals surface area contributed by atoms with Crippen LogP contribution in [0.15, 0.2) is 36.4 Å². The first-order chi connectivity index (χ1) is 13.7. The first-order valence-electron chi connectivity index (χ1n) is 7.70. The monoisotopic (exact) mass is 483 g/mol. The lowest BCUT2D eigenvalue weighted by atomic mass is 10.2. The molecule has 0 unspecified atom stereocenters. The largest absolute Gasteiger partial charge is 0.452 e. The molecule has 1 amide bonds. The van der Waals surface area contributed by atoms with E-state index in [2.05, 4.69) is 10.1 Å². The molecule has 154 valence electrons. The highest BCUT2D eigenvalue weighted by atomic mass is 35.5. The van der Waals surface area contributed by atoms with E-state index in [9.17, 15) is 18.4 Å². The maximum absolute atomic E-state index is 12.1. The van der Waals surface area contributed by atoms with Crippen LogP contribution in [0.4, 0.5) is 14.5 Å². The first kappa shape index (κ1) is 23.2. The highest BCUT2D eigenvalue weighted by Gasteiger charge is 2.17. The van der Waals surface area contributed by atoms with Crippen molar-refractivity contribution in [1.82, 2.24) is 0 Å². The van der Waals surface area contributed by atoms with E-state index in [1.807, 2.05) is 0 Å². The van der Waals surface area contributed by atoms with Crippen LogP contribution in [0.3, 0.4) is 0 Å². The predicted octanol–water partition coefficient (Wildman–Crippen LogP) is 6.10. The molecule has 0 atom stereocenters. The van der Waals surface area contributed by atoms with Crippen molar-refractivity contribution in [2.24, 2.45) is 0 Å². The minimum atomic E-state index is -2.93. The lowest BCUT2D eigenvalue weighted by Gasteiger charge is -2.11. The molecule has 2 aromatic rings. The number of halogens is 6. The number of carbonyl (C=O) groups excluding carboxylic acids is 2. The van der Waals surface area contributed by atoms with E-state index in [-0.39, 0.29) is 31.5 Å². The van der Waals surface area contributed by atoms with Crippen LogP contribution in [0.5, 0.6) is 5.75 Å². The number of benzene rings is 2. The van der Waals surface area contributed by atoms with Crippen molar-refractivity contribution in [2.45, 2.75) is 6.61 Å². The number of ether oxygens (including phenoxy) is 2. The Hall–Kier alpha value is -2.06. The van der Waals surface area contributed by atoms with E-state index in [1.54, 1.807) is 0 Å². The van der Waals surface area contributed by atoms with Crippen LogP contribution in [0.1, 0.15) is 5.56 Å². The van der Waals surface area contributed by atoms with Gasteiger partial charge in [-0.25, -0.2) is 4.79 Å². The molecular weight excluding hydrogens is 474 g/mol. The summed E-state index contributed by atoms with van der Waals surface area (Å²) in [5.74, 6) is -1.55. The molecule has 5 nitrogen and oxygen atoms in total. The number of carbonyl (C=O) groups is 2. The van der Waals surface area contributed by atoms with Gasteiger partial charge < -0.3 is 14.8 Å². The lowest BCUT2D eigenvalue weighted by Crippen LogP contribution is -2.20. The van der Waals surface area contributed by atoms with Crippen LogP contribution in [-0.4, -0.2) is 25.1 Å². The molecule has 1 N–H and O–H groups in total. The summed E-state index contributed by atoms with van der Waals surface area (Å²) in [5, 5.41) is 2.50. The summed E-state index contributed by atoms with van der Waals surface area (Å²) in [6, 6.07) is 6.87. The van der Waals surface area contributed by atoms with E-state index in [0.29, 0.717) is 5.56 Å². The smallest absolute Gasteiger partial charge is 0.387 e. The van der Waals surface area contributed by atoms with Gasteiger partial charge >= 0.3 is 12.6 Å². The SMILES string of the molecule is O=C(COC(=O)/C=C/c1ccc(OC(F)F)cc1)Nc1c(Cl)c(Cl)cc(Cl)c1Cl. The zero-order chi connectivity index (χ0) is 21.6. The van der Waals surface area contributed by atoms with Gasteiger partial charge in [0.2, 0.25) is 0 Å². The summed E-state index contributed by atoms with van der Waals surface area (Å²) >= 11 is 23.7. The quantitative estimate of drug-likeness (QED) is 0.293. The normalized spacial score (nSPS) is 11.0. The van der Waals surface area contributed by atoms with Gasteiger partial charge in [0, 0.05) is 6.08 Å². The van der Waals surface area contributed by atoms with Gasteiger partial charge in [-0.3, -0.25) is 4.79 Å². The van der Waals surface area contributed by atoms with E-state index in [1.165, 1.54) is 36.4 Å². The second kappa shape index (κ2) is 10.6. The molecule has 0 bridgehead atoms. The molecular formula is C18H11Cl4F2NO4.